The number of rotatable bonds is 4. The van der Waals surface area contributed by atoms with Crippen LogP contribution in [0.25, 0.3) is 22.2 Å². The van der Waals surface area contributed by atoms with E-state index < -0.39 is 0 Å². The molecule has 0 spiro atoms. The second-order valence-electron chi connectivity index (χ2n) is 8.94. The minimum absolute atomic E-state index is 0.0574. The molecule has 32 heavy (non-hydrogen) atoms. The maximum absolute atomic E-state index is 13.6. The summed E-state index contributed by atoms with van der Waals surface area (Å²) in [7, 11) is 2.15. The van der Waals surface area contributed by atoms with Gasteiger partial charge in [-0.3, -0.25) is 4.79 Å². The van der Waals surface area contributed by atoms with Gasteiger partial charge in [0.2, 0.25) is 0 Å². The molecule has 3 heterocycles. The molecule has 1 atom stereocenters. The predicted molar refractivity (Wildman–Crippen MR) is 121 cm³/mol. The number of carbonyl (C=O) groups is 1. The highest BCUT2D eigenvalue weighted by Crippen LogP contribution is 2.44. The fourth-order valence-corrected chi connectivity index (χ4v) is 5.13. The van der Waals surface area contributed by atoms with E-state index in [2.05, 4.69) is 28.1 Å². The normalized spacial score (nSPS) is 21.2. The third kappa shape index (κ3) is 3.23. The van der Waals surface area contributed by atoms with Crippen molar-refractivity contribution in [2.75, 3.05) is 57.9 Å². The molecule has 2 fully saturated rings. The first-order valence-corrected chi connectivity index (χ1v) is 11.4. The summed E-state index contributed by atoms with van der Waals surface area (Å²) >= 11 is 0. The van der Waals surface area contributed by atoms with E-state index in [0.717, 1.165) is 72.3 Å². The number of piperazine rings is 1. The Kier molecular flexibility index (Phi) is 4.97. The van der Waals surface area contributed by atoms with Crippen LogP contribution in [0.5, 0.6) is 0 Å². The molecular formula is C25H27N3O4. The molecule has 1 unspecified atom stereocenters. The van der Waals surface area contributed by atoms with E-state index in [0.29, 0.717) is 31.1 Å². The fraction of sp³-hybridized carbons (Fsp3) is 0.440. The van der Waals surface area contributed by atoms with E-state index in [1.165, 1.54) is 0 Å². The Morgan fingerprint density at radius 2 is 1.91 bits per heavy atom. The SMILES string of the molecule is CN1CCN(c2cc(CCC3COCCO3)c3c4c(onc24)-c2ccccc2C3=O)CC1. The molecule has 0 N–H and O–H groups in total. The van der Waals surface area contributed by atoms with Crippen molar-refractivity contribution in [1.82, 2.24) is 10.1 Å². The Balaban J connectivity index is 1.48. The lowest BCUT2D eigenvalue weighted by Gasteiger charge is -2.34. The van der Waals surface area contributed by atoms with Crippen molar-refractivity contribution < 1.29 is 18.8 Å². The number of ketones is 1. The lowest BCUT2D eigenvalue weighted by atomic mass is 9.83. The zero-order valence-electron chi connectivity index (χ0n) is 18.3. The summed E-state index contributed by atoms with van der Waals surface area (Å²) in [5.41, 5.74) is 5.16. The number of aromatic nitrogens is 1. The van der Waals surface area contributed by atoms with Crippen molar-refractivity contribution in [3.05, 3.63) is 47.0 Å². The molecular weight excluding hydrogens is 406 g/mol. The predicted octanol–water partition coefficient (Wildman–Crippen LogP) is 3.14. The van der Waals surface area contributed by atoms with E-state index in [1.807, 2.05) is 24.3 Å². The van der Waals surface area contributed by atoms with Gasteiger partial charge in [0, 0.05) is 42.9 Å². The maximum Gasteiger partial charge on any atom is 0.194 e. The third-order valence-corrected chi connectivity index (χ3v) is 6.92. The topological polar surface area (TPSA) is 68.0 Å². The van der Waals surface area contributed by atoms with Crippen LogP contribution in [0.4, 0.5) is 5.69 Å². The van der Waals surface area contributed by atoms with E-state index in [1.54, 1.807) is 0 Å². The van der Waals surface area contributed by atoms with Crippen LogP contribution in [0.1, 0.15) is 27.9 Å². The number of aryl methyl sites for hydroxylation is 1. The lowest BCUT2D eigenvalue weighted by Crippen LogP contribution is -2.44. The van der Waals surface area contributed by atoms with Gasteiger partial charge in [-0.2, -0.15) is 0 Å². The van der Waals surface area contributed by atoms with E-state index in [-0.39, 0.29) is 11.9 Å². The van der Waals surface area contributed by atoms with Gasteiger partial charge >= 0.3 is 0 Å². The summed E-state index contributed by atoms with van der Waals surface area (Å²) in [4.78, 5) is 18.4. The van der Waals surface area contributed by atoms with Gasteiger partial charge in [0.25, 0.3) is 0 Å². The molecule has 3 aromatic rings. The molecule has 0 amide bonds. The van der Waals surface area contributed by atoms with E-state index in [9.17, 15) is 4.79 Å². The summed E-state index contributed by atoms with van der Waals surface area (Å²) in [6.45, 7) is 5.74. The van der Waals surface area contributed by atoms with Gasteiger partial charge in [0.05, 0.1) is 37.0 Å². The first kappa shape index (κ1) is 19.9. The number of hydrogen-bond donors (Lipinski definition) is 0. The zero-order chi connectivity index (χ0) is 21.7. The molecule has 2 aliphatic heterocycles. The second-order valence-corrected chi connectivity index (χ2v) is 8.94. The van der Waals surface area contributed by atoms with Crippen molar-refractivity contribution in [2.24, 2.45) is 0 Å². The van der Waals surface area contributed by atoms with Crippen LogP contribution in [0.2, 0.25) is 0 Å². The lowest BCUT2D eigenvalue weighted by molar-refractivity contribution is -0.0903. The first-order chi connectivity index (χ1) is 15.7. The Bertz CT molecular complexity index is 1170. The summed E-state index contributed by atoms with van der Waals surface area (Å²) in [5, 5.41) is 5.34. The Morgan fingerprint density at radius 1 is 1.09 bits per heavy atom. The average Bonchev–Trinajstić information content (AvgIpc) is 3.28. The van der Waals surface area contributed by atoms with Gasteiger partial charge in [-0.15, -0.1) is 0 Å². The maximum atomic E-state index is 13.6. The molecule has 2 saturated heterocycles. The number of carbonyl (C=O) groups excluding carboxylic acids is 1. The number of hydrogen-bond acceptors (Lipinski definition) is 7. The second kappa shape index (κ2) is 7.99. The number of likely N-dealkylation sites (N-methyl/N-ethyl adjacent to an activating group) is 1. The quantitative estimate of drug-likeness (QED) is 0.490. The van der Waals surface area contributed by atoms with Crippen molar-refractivity contribution in [1.29, 1.82) is 0 Å². The van der Waals surface area contributed by atoms with Gasteiger partial charge in [-0.25, -0.2) is 0 Å². The molecule has 0 radical (unpaired) electrons. The first-order valence-electron chi connectivity index (χ1n) is 11.4. The Labute approximate surface area is 186 Å². The molecule has 1 aliphatic carbocycles. The molecule has 7 nitrogen and oxygen atoms in total. The summed E-state index contributed by atoms with van der Waals surface area (Å²) < 4.78 is 17.3. The molecule has 2 aromatic carbocycles. The zero-order valence-corrected chi connectivity index (χ0v) is 18.3. The summed E-state index contributed by atoms with van der Waals surface area (Å²) in [6, 6.07) is 9.85. The highest BCUT2D eigenvalue weighted by Gasteiger charge is 2.34. The standard InChI is InChI=1S/C25H27N3O4/c1-27-8-10-28(11-9-27)20-14-16(6-7-17-15-30-12-13-31-17)21-22-23(20)26-32-25(22)19-5-3-2-4-18(19)24(21)29/h2-5,14,17H,6-13,15H2,1H3. The fourth-order valence-electron chi connectivity index (χ4n) is 5.13. The van der Waals surface area contributed by atoms with Gasteiger partial charge in [-0.1, -0.05) is 29.4 Å². The van der Waals surface area contributed by atoms with Crippen LogP contribution >= 0.6 is 0 Å². The molecule has 3 aliphatic rings. The molecule has 0 bridgehead atoms. The Morgan fingerprint density at radius 3 is 2.69 bits per heavy atom. The number of nitrogens with zero attached hydrogens (tertiary/aromatic N) is 3. The number of benzene rings is 2. The van der Waals surface area contributed by atoms with Crippen LogP contribution in [-0.2, 0) is 15.9 Å². The summed E-state index contributed by atoms with van der Waals surface area (Å²) in [6.07, 6.45) is 1.63. The minimum atomic E-state index is 0.0574. The van der Waals surface area contributed by atoms with Crippen LogP contribution < -0.4 is 4.90 Å². The molecule has 0 saturated carbocycles. The number of anilines is 1. The van der Waals surface area contributed by atoms with Gasteiger partial charge < -0.3 is 23.8 Å². The van der Waals surface area contributed by atoms with Gasteiger partial charge in [0.15, 0.2) is 11.5 Å². The Hall–Kier alpha value is -2.74. The molecule has 166 valence electrons. The van der Waals surface area contributed by atoms with Crippen molar-refractivity contribution in [2.45, 2.75) is 18.9 Å². The van der Waals surface area contributed by atoms with E-state index >= 15 is 0 Å². The van der Waals surface area contributed by atoms with Crippen molar-refractivity contribution in [3.8, 4) is 11.3 Å². The highest BCUT2D eigenvalue weighted by atomic mass is 16.6. The van der Waals surface area contributed by atoms with Crippen molar-refractivity contribution >= 4 is 22.4 Å². The molecule has 7 heteroatoms. The molecule has 1 aromatic heterocycles. The van der Waals surface area contributed by atoms with Crippen LogP contribution in [0.3, 0.4) is 0 Å². The highest BCUT2D eigenvalue weighted by molar-refractivity contribution is 6.26. The largest absolute Gasteiger partial charge is 0.376 e. The average molecular weight is 434 g/mol. The third-order valence-electron chi connectivity index (χ3n) is 6.92. The molecule has 6 rings (SSSR count). The van der Waals surface area contributed by atoms with Crippen molar-refractivity contribution in [3.63, 3.8) is 0 Å². The number of ether oxygens (including phenoxy) is 2. The minimum Gasteiger partial charge on any atom is -0.376 e. The van der Waals surface area contributed by atoms with E-state index in [4.69, 9.17) is 14.0 Å². The van der Waals surface area contributed by atoms with Crippen LogP contribution in [-0.4, -0.2) is 75.0 Å². The van der Waals surface area contributed by atoms with Gasteiger partial charge in [0.1, 0.15) is 5.52 Å². The van der Waals surface area contributed by atoms with Crippen LogP contribution in [0.15, 0.2) is 34.9 Å². The van der Waals surface area contributed by atoms with Crippen LogP contribution in [0, 0.1) is 0 Å². The van der Waals surface area contributed by atoms with Gasteiger partial charge in [-0.05, 0) is 31.5 Å². The monoisotopic (exact) mass is 433 g/mol. The number of fused-ring (bicyclic) bond motifs is 2. The summed E-state index contributed by atoms with van der Waals surface area (Å²) in [5.74, 6) is 0.765. The smallest absolute Gasteiger partial charge is 0.194 e.